The van der Waals surface area contributed by atoms with E-state index in [0.29, 0.717) is 13.0 Å². The number of hydrogen-bond acceptors (Lipinski definition) is 3. The molecule has 2 rings (SSSR count). The molecule has 0 spiro atoms. The average molecular weight is 241 g/mol. The van der Waals surface area contributed by atoms with Crippen LogP contribution in [0.25, 0.3) is 0 Å². The van der Waals surface area contributed by atoms with E-state index in [1.807, 2.05) is 24.3 Å². The molecule has 1 aliphatic rings. The van der Waals surface area contributed by atoms with Crippen molar-refractivity contribution in [2.45, 2.75) is 12.5 Å². The van der Waals surface area contributed by atoms with Crippen LogP contribution in [0.5, 0.6) is 0 Å². The van der Waals surface area contributed by atoms with Gasteiger partial charge in [0.25, 0.3) is 0 Å². The first-order chi connectivity index (χ1) is 7.48. The third-order valence-electron chi connectivity index (χ3n) is 2.89. The topological polar surface area (TPSA) is 57.6 Å². The molecule has 0 aromatic heterocycles. The highest BCUT2D eigenvalue weighted by molar-refractivity contribution is 7.88. The molecule has 1 heterocycles. The highest BCUT2D eigenvalue weighted by Gasteiger charge is 2.25. The van der Waals surface area contributed by atoms with E-state index in [1.165, 1.54) is 10.6 Å². The van der Waals surface area contributed by atoms with E-state index in [9.17, 15) is 13.5 Å². The first-order valence-corrected chi connectivity index (χ1v) is 7.04. The van der Waals surface area contributed by atoms with Crippen molar-refractivity contribution in [3.8, 4) is 0 Å². The van der Waals surface area contributed by atoms with Crippen LogP contribution in [0, 0.1) is 0 Å². The maximum atomic E-state index is 11.5. The third-order valence-corrected chi connectivity index (χ3v) is 4.16. The van der Waals surface area contributed by atoms with Gasteiger partial charge in [0.05, 0.1) is 12.4 Å². The number of nitrogens with zero attached hydrogens (tertiary/aromatic N) is 1. The first-order valence-electron chi connectivity index (χ1n) is 5.19. The van der Waals surface area contributed by atoms with Crippen molar-refractivity contribution in [3.05, 3.63) is 35.4 Å². The fourth-order valence-electron chi connectivity index (χ4n) is 2.02. The first kappa shape index (κ1) is 11.6. The Hall–Kier alpha value is -0.910. The van der Waals surface area contributed by atoms with Gasteiger partial charge in [-0.05, 0) is 17.5 Å². The number of aliphatic hydroxyl groups is 1. The molecule has 1 N–H and O–H groups in total. The van der Waals surface area contributed by atoms with Crippen LogP contribution in [0.2, 0.25) is 0 Å². The number of hydrogen-bond donors (Lipinski definition) is 1. The van der Waals surface area contributed by atoms with Crippen LogP contribution in [0.4, 0.5) is 0 Å². The zero-order valence-corrected chi connectivity index (χ0v) is 9.94. The lowest BCUT2D eigenvalue weighted by Crippen LogP contribution is -2.33. The summed E-state index contributed by atoms with van der Waals surface area (Å²) in [4.78, 5) is 0. The second kappa shape index (κ2) is 4.16. The lowest BCUT2D eigenvalue weighted by atomic mass is 10.0. The number of fused-ring (bicyclic) bond motifs is 1. The summed E-state index contributed by atoms with van der Waals surface area (Å²) in [5.41, 5.74) is 1.87. The Morgan fingerprint density at radius 3 is 2.75 bits per heavy atom. The Labute approximate surface area is 95.6 Å². The maximum absolute atomic E-state index is 11.5. The van der Waals surface area contributed by atoms with Gasteiger partial charge in [-0.25, -0.2) is 8.42 Å². The largest absolute Gasteiger partial charge is 0.387 e. The Bertz CT molecular complexity index is 484. The molecule has 1 aliphatic heterocycles. The number of rotatable bonds is 1. The molecular formula is C11H15NO3S. The fraction of sp³-hybridized carbons (Fsp3) is 0.455. The van der Waals surface area contributed by atoms with Gasteiger partial charge < -0.3 is 5.11 Å². The number of benzene rings is 1. The summed E-state index contributed by atoms with van der Waals surface area (Å²) in [5.74, 6) is 0. The molecule has 4 nitrogen and oxygen atoms in total. The Morgan fingerprint density at radius 1 is 1.38 bits per heavy atom. The summed E-state index contributed by atoms with van der Waals surface area (Å²) in [7, 11) is -3.23. The van der Waals surface area contributed by atoms with Gasteiger partial charge in [0.2, 0.25) is 10.0 Å². The normalized spacial score (nSPS) is 22.5. The smallest absolute Gasteiger partial charge is 0.211 e. The number of aliphatic hydroxyl groups excluding tert-OH is 1. The Balaban J connectivity index is 2.33. The van der Waals surface area contributed by atoms with Crippen molar-refractivity contribution in [2.75, 3.05) is 19.3 Å². The molecule has 0 saturated carbocycles. The lowest BCUT2D eigenvalue weighted by molar-refractivity contribution is 0.153. The Morgan fingerprint density at radius 2 is 2.06 bits per heavy atom. The molecule has 0 bridgehead atoms. The van der Waals surface area contributed by atoms with Crippen LogP contribution >= 0.6 is 0 Å². The van der Waals surface area contributed by atoms with Gasteiger partial charge in [0.1, 0.15) is 0 Å². The van der Waals surface area contributed by atoms with Crippen molar-refractivity contribution in [1.29, 1.82) is 0 Å². The van der Waals surface area contributed by atoms with Crippen LogP contribution in [-0.4, -0.2) is 37.2 Å². The molecule has 1 atom stereocenters. The Kier molecular flexibility index (Phi) is 3.01. The van der Waals surface area contributed by atoms with Crippen LogP contribution in [0.1, 0.15) is 17.2 Å². The maximum Gasteiger partial charge on any atom is 0.211 e. The molecule has 5 heteroatoms. The molecule has 0 fully saturated rings. The van der Waals surface area contributed by atoms with Gasteiger partial charge in [-0.15, -0.1) is 0 Å². The summed E-state index contributed by atoms with van der Waals surface area (Å²) in [6.07, 6.45) is 1.10. The second-order valence-corrected chi connectivity index (χ2v) is 6.07. The second-order valence-electron chi connectivity index (χ2n) is 4.09. The van der Waals surface area contributed by atoms with Gasteiger partial charge in [-0.1, -0.05) is 24.3 Å². The molecular weight excluding hydrogens is 226 g/mol. The SMILES string of the molecule is CS(=O)(=O)N1CCc2ccccc2C(O)C1. The van der Waals surface area contributed by atoms with E-state index in [1.54, 1.807) is 0 Å². The molecule has 16 heavy (non-hydrogen) atoms. The number of β-amino-alcohol motifs (C(OH)–C–C–N with tert-alkyl or cyclic N) is 1. The lowest BCUT2D eigenvalue weighted by Gasteiger charge is -2.19. The van der Waals surface area contributed by atoms with E-state index in [4.69, 9.17) is 0 Å². The third kappa shape index (κ3) is 2.26. The fourth-order valence-corrected chi connectivity index (χ4v) is 2.85. The zero-order chi connectivity index (χ0) is 11.8. The van der Waals surface area contributed by atoms with Crippen LogP contribution < -0.4 is 0 Å². The molecule has 0 radical (unpaired) electrons. The molecule has 0 amide bonds. The van der Waals surface area contributed by atoms with Gasteiger partial charge in [-0.3, -0.25) is 0 Å². The van der Waals surface area contributed by atoms with Gasteiger partial charge in [0, 0.05) is 13.1 Å². The van der Waals surface area contributed by atoms with Gasteiger partial charge in [-0.2, -0.15) is 4.31 Å². The molecule has 1 aromatic rings. The predicted molar refractivity (Wildman–Crippen MR) is 61.5 cm³/mol. The summed E-state index contributed by atoms with van der Waals surface area (Å²) < 4.78 is 24.2. The standard InChI is InChI=1S/C11H15NO3S/c1-16(14,15)12-7-6-9-4-2-3-5-10(9)11(13)8-12/h2-5,11,13H,6-8H2,1H3. The van der Waals surface area contributed by atoms with E-state index < -0.39 is 16.1 Å². The monoisotopic (exact) mass is 241 g/mol. The molecule has 1 aromatic carbocycles. The number of sulfonamides is 1. The van der Waals surface area contributed by atoms with Crippen LogP contribution in [0.15, 0.2) is 24.3 Å². The van der Waals surface area contributed by atoms with E-state index in [2.05, 4.69) is 0 Å². The highest BCUT2D eigenvalue weighted by Crippen LogP contribution is 2.24. The van der Waals surface area contributed by atoms with Gasteiger partial charge in [0.15, 0.2) is 0 Å². The van der Waals surface area contributed by atoms with Gasteiger partial charge >= 0.3 is 0 Å². The van der Waals surface area contributed by atoms with Crippen LogP contribution in [-0.2, 0) is 16.4 Å². The minimum absolute atomic E-state index is 0.149. The van der Waals surface area contributed by atoms with Crippen molar-refractivity contribution in [2.24, 2.45) is 0 Å². The van der Waals surface area contributed by atoms with Crippen molar-refractivity contribution < 1.29 is 13.5 Å². The predicted octanol–water partition coefficient (Wildman–Crippen LogP) is 0.538. The van der Waals surface area contributed by atoms with E-state index in [0.717, 1.165) is 11.1 Å². The average Bonchev–Trinajstić information content (AvgIpc) is 2.38. The van der Waals surface area contributed by atoms with Crippen molar-refractivity contribution in [1.82, 2.24) is 4.31 Å². The highest BCUT2D eigenvalue weighted by atomic mass is 32.2. The molecule has 0 aliphatic carbocycles. The van der Waals surface area contributed by atoms with Crippen LogP contribution in [0.3, 0.4) is 0 Å². The molecule has 88 valence electrons. The summed E-state index contributed by atoms with van der Waals surface area (Å²) in [5, 5.41) is 9.97. The molecule has 0 saturated heterocycles. The molecule has 1 unspecified atom stereocenters. The summed E-state index contributed by atoms with van der Waals surface area (Å²) in [6, 6.07) is 7.55. The van der Waals surface area contributed by atoms with Crippen molar-refractivity contribution >= 4 is 10.0 Å². The van der Waals surface area contributed by atoms with E-state index in [-0.39, 0.29) is 6.54 Å². The quantitative estimate of drug-likeness (QED) is 0.780. The zero-order valence-electron chi connectivity index (χ0n) is 9.13. The minimum Gasteiger partial charge on any atom is -0.387 e. The van der Waals surface area contributed by atoms with Crippen molar-refractivity contribution in [3.63, 3.8) is 0 Å². The minimum atomic E-state index is -3.23. The summed E-state index contributed by atoms with van der Waals surface area (Å²) >= 11 is 0. The summed E-state index contributed by atoms with van der Waals surface area (Å²) in [6.45, 7) is 0.586. The van der Waals surface area contributed by atoms with E-state index >= 15 is 0 Å².